The number of anilines is 1. The molecule has 10 nitrogen and oxygen atoms in total. The maximum Gasteiger partial charge on any atom is 0.248 e. The van der Waals surface area contributed by atoms with Crippen LogP contribution in [-0.2, 0) is 16.0 Å². The molecule has 2 aliphatic rings. The maximum absolute atomic E-state index is 11.7. The molecule has 10 heteroatoms. The predicted molar refractivity (Wildman–Crippen MR) is 135 cm³/mol. The Kier molecular flexibility index (Phi) is 7.54. The van der Waals surface area contributed by atoms with E-state index in [9.17, 15) is 10.1 Å². The zero-order chi connectivity index (χ0) is 25.6. The number of amides is 1. The number of aromatic nitrogens is 3. The van der Waals surface area contributed by atoms with Crippen molar-refractivity contribution in [1.82, 2.24) is 19.9 Å². The summed E-state index contributed by atoms with van der Waals surface area (Å²) in [7, 11) is 0. The Labute approximate surface area is 215 Å². The molecule has 0 unspecified atom stereocenters. The van der Waals surface area contributed by atoms with E-state index < -0.39 is 6.61 Å². The Morgan fingerprint density at radius 2 is 2.03 bits per heavy atom. The number of benzene rings is 1. The molecule has 0 radical (unpaired) electrons. The van der Waals surface area contributed by atoms with E-state index in [-0.39, 0.29) is 12.0 Å². The zero-order valence-corrected chi connectivity index (χ0v) is 20.4. The van der Waals surface area contributed by atoms with Gasteiger partial charge in [0.1, 0.15) is 36.2 Å². The molecule has 2 fully saturated rings. The van der Waals surface area contributed by atoms with Gasteiger partial charge >= 0.3 is 0 Å². The van der Waals surface area contributed by atoms with Crippen molar-refractivity contribution in [2.24, 2.45) is 0 Å². The fourth-order valence-corrected chi connectivity index (χ4v) is 4.54. The van der Waals surface area contributed by atoms with Crippen molar-refractivity contribution >= 4 is 11.7 Å². The van der Waals surface area contributed by atoms with Crippen LogP contribution in [0.3, 0.4) is 0 Å². The van der Waals surface area contributed by atoms with Crippen molar-refractivity contribution in [3.05, 3.63) is 65.7 Å². The number of nitrogens with zero attached hydrogens (tertiary/aromatic N) is 6. The summed E-state index contributed by atoms with van der Waals surface area (Å²) >= 11 is 0. The number of morpholine rings is 1. The molecule has 2 saturated heterocycles. The lowest BCUT2D eigenvalue weighted by Gasteiger charge is -2.27. The van der Waals surface area contributed by atoms with Crippen LogP contribution >= 0.6 is 0 Å². The van der Waals surface area contributed by atoms with Gasteiger partial charge in [-0.3, -0.25) is 4.79 Å². The Hall–Kier alpha value is -4.07. The normalized spacial score (nSPS) is 17.5. The summed E-state index contributed by atoms with van der Waals surface area (Å²) < 4.78 is 11.4. The van der Waals surface area contributed by atoms with Crippen LogP contribution in [0.2, 0.25) is 0 Å². The van der Waals surface area contributed by atoms with Gasteiger partial charge in [0.25, 0.3) is 0 Å². The van der Waals surface area contributed by atoms with E-state index in [2.05, 4.69) is 20.9 Å². The lowest BCUT2D eigenvalue weighted by molar-refractivity contribution is -0.133. The van der Waals surface area contributed by atoms with Crippen LogP contribution in [-0.4, -0.2) is 83.0 Å². The minimum absolute atomic E-state index is 0.220. The van der Waals surface area contributed by atoms with E-state index in [1.54, 1.807) is 23.2 Å². The van der Waals surface area contributed by atoms with Crippen molar-refractivity contribution in [1.29, 1.82) is 5.26 Å². The average Bonchev–Trinajstić information content (AvgIpc) is 3.42. The number of hydrogen-bond donors (Lipinski definition) is 1. The first-order chi connectivity index (χ1) is 18.1. The molecule has 3 aromatic rings. The van der Waals surface area contributed by atoms with Crippen LogP contribution < -0.4 is 9.64 Å². The molecule has 190 valence electrons. The van der Waals surface area contributed by atoms with Crippen molar-refractivity contribution in [2.75, 3.05) is 50.9 Å². The zero-order valence-electron chi connectivity index (χ0n) is 20.4. The quantitative estimate of drug-likeness (QED) is 0.517. The fraction of sp³-hybridized carbons (Fsp3) is 0.370. The smallest absolute Gasteiger partial charge is 0.248 e. The standard InChI is InChI=1S/C27H28N6O4/c28-15-21-14-20(2-3-24(21)37-22-6-8-33(17-22)27(35)18-34)23-5-7-29-25(31-23)13-19-1-4-26(30-16-19)32-9-11-36-12-10-32/h1-5,7,14,16,22,34H,6,8-13,17-18H2/t22-/m1/s1. The summed E-state index contributed by atoms with van der Waals surface area (Å²) in [6, 6.07) is 13.5. The van der Waals surface area contributed by atoms with Gasteiger partial charge in [-0.05, 0) is 35.9 Å². The third kappa shape index (κ3) is 5.85. The molecule has 37 heavy (non-hydrogen) atoms. The molecule has 1 amide bonds. The lowest BCUT2D eigenvalue weighted by Crippen LogP contribution is -2.36. The highest BCUT2D eigenvalue weighted by atomic mass is 16.5. The average molecular weight is 501 g/mol. The van der Waals surface area contributed by atoms with E-state index in [0.717, 1.165) is 43.2 Å². The van der Waals surface area contributed by atoms with E-state index in [1.807, 2.05) is 30.5 Å². The molecule has 5 rings (SSSR count). The van der Waals surface area contributed by atoms with E-state index in [1.165, 1.54) is 0 Å². The molecule has 0 saturated carbocycles. The number of aliphatic hydroxyl groups is 1. The topological polar surface area (TPSA) is 125 Å². The second-order valence-electron chi connectivity index (χ2n) is 9.01. The number of likely N-dealkylation sites (tertiary alicyclic amines) is 1. The number of hydrogen-bond acceptors (Lipinski definition) is 9. The van der Waals surface area contributed by atoms with E-state index >= 15 is 0 Å². The molecule has 0 aliphatic carbocycles. The number of carbonyl (C=O) groups excluding carboxylic acids is 1. The van der Waals surface area contributed by atoms with Gasteiger partial charge in [0.15, 0.2) is 0 Å². The molecule has 0 spiro atoms. The van der Waals surface area contributed by atoms with Crippen LogP contribution in [0.15, 0.2) is 48.8 Å². The van der Waals surface area contributed by atoms with Gasteiger partial charge in [-0.15, -0.1) is 0 Å². The van der Waals surface area contributed by atoms with Crippen molar-refractivity contribution in [3.63, 3.8) is 0 Å². The molecule has 1 atom stereocenters. The summed E-state index contributed by atoms with van der Waals surface area (Å²) in [6.07, 6.45) is 4.55. The summed E-state index contributed by atoms with van der Waals surface area (Å²) in [4.78, 5) is 29.2. The first kappa shape index (κ1) is 24.6. The third-order valence-electron chi connectivity index (χ3n) is 6.53. The minimum Gasteiger partial charge on any atom is -0.487 e. The molecule has 1 N–H and O–H groups in total. The molecule has 1 aromatic carbocycles. The van der Waals surface area contributed by atoms with Gasteiger partial charge in [0, 0.05) is 50.4 Å². The van der Waals surface area contributed by atoms with Crippen molar-refractivity contribution in [3.8, 4) is 23.1 Å². The van der Waals surface area contributed by atoms with Crippen LogP contribution in [0.25, 0.3) is 11.3 Å². The summed E-state index contributed by atoms with van der Waals surface area (Å²) in [5.41, 5.74) is 2.91. The highest BCUT2D eigenvalue weighted by Gasteiger charge is 2.27. The molecule has 4 heterocycles. The van der Waals surface area contributed by atoms with Gasteiger partial charge in [0.2, 0.25) is 5.91 Å². The molecular formula is C27H28N6O4. The number of rotatable bonds is 7. The monoisotopic (exact) mass is 500 g/mol. The summed E-state index contributed by atoms with van der Waals surface area (Å²) in [5, 5.41) is 18.8. The third-order valence-corrected chi connectivity index (χ3v) is 6.53. The number of nitriles is 1. The Morgan fingerprint density at radius 1 is 1.16 bits per heavy atom. The Bertz CT molecular complexity index is 1290. The first-order valence-corrected chi connectivity index (χ1v) is 12.3. The molecule has 2 aromatic heterocycles. The highest BCUT2D eigenvalue weighted by molar-refractivity contribution is 5.77. The second kappa shape index (κ2) is 11.3. The van der Waals surface area contributed by atoms with E-state index in [0.29, 0.717) is 48.8 Å². The lowest BCUT2D eigenvalue weighted by atomic mass is 10.1. The van der Waals surface area contributed by atoms with Crippen LogP contribution in [0.5, 0.6) is 5.75 Å². The molecule has 0 bridgehead atoms. The van der Waals surface area contributed by atoms with Gasteiger partial charge in [-0.2, -0.15) is 5.26 Å². The van der Waals surface area contributed by atoms with E-state index in [4.69, 9.17) is 19.6 Å². The highest BCUT2D eigenvalue weighted by Crippen LogP contribution is 2.28. The predicted octanol–water partition coefficient (Wildman–Crippen LogP) is 1.81. The van der Waals surface area contributed by atoms with Gasteiger partial charge < -0.3 is 24.4 Å². The van der Waals surface area contributed by atoms with Crippen LogP contribution in [0, 0.1) is 11.3 Å². The largest absolute Gasteiger partial charge is 0.487 e. The summed E-state index contributed by atoms with van der Waals surface area (Å²) in [5.74, 6) is 1.76. The number of carbonyl (C=O) groups is 1. The van der Waals surface area contributed by atoms with Gasteiger partial charge in [0.05, 0.1) is 31.0 Å². The van der Waals surface area contributed by atoms with Gasteiger partial charge in [-0.1, -0.05) is 6.07 Å². The summed E-state index contributed by atoms with van der Waals surface area (Å²) in [6.45, 7) is 3.53. The SMILES string of the molecule is N#Cc1cc(-c2ccnc(Cc3ccc(N4CCOCC4)nc3)n2)ccc1O[C@@H]1CCN(C(=O)CO)C1. The van der Waals surface area contributed by atoms with Crippen LogP contribution in [0.1, 0.15) is 23.4 Å². The van der Waals surface area contributed by atoms with Crippen LogP contribution in [0.4, 0.5) is 5.82 Å². The minimum atomic E-state index is -0.512. The number of pyridine rings is 1. The molecule has 2 aliphatic heterocycles. The molecular weight excluding hydrogens is 472 g/mol. The Balaban J connectivity index is 1.26. The second-order valence-corrected chi connectivity index (χ2v) is 9.01. The maximum atomic E-state index is 11.7. The first-order valence-electron chi connectivity index (χ1n) is 12.3. The fourth-order valence-electron chi connectivity index (χ4n) is 4.54. The van der Waals surface area contributed by atoms with Crippen molar-refractivity contribution < 1.29 is 19.4 Å². The number of ether oxygens (including phenoxy) is 2. The number of aliphatic hydroxyl groups excluding tert-OH is 1. The van der Waals surface area contributed by atoms with Crippen molar-refractivity contribution in [2.45, 2.75) is 18.9 Å². The Morgan fingerprint density at radius 3 is 2.78 bits per heavy atom. The van der Waals surface area contributed by atoms with Gasteiger partial charge in [-0.25, -0.2) is 15.0 Å².